The van der Waals surface area contributed by atoms with Crippen molar-refractivity contribution >= 4 is 11.9 Å². The molecular formula is C16H20O4. The number of ether oxygens (including phenoxy) is 2. The van der Waals surface area contributed by atoms with Crippen LogP contribution in [-0.4, -0.2) is 25.7 Å². The SMILES string of the molecule is C=CC(=O)OCCCCCc1ccc(C(=O)OC)cc1. The van der Waals surface area contributed by atoms with E-state index in [1.165, 1.54) is 18.7 Å². The third-order valence-corrected chi connectivity index (χ3v) is 2.90. The lowest BCUT2D eigenvalue weighted by atomic mass is 10.1. The number of rotatable bonds is 8. The molecule has 4 nitrogen and oxygen atoms in total. The summed E-state index contributed by atoms with van der Waals surface area (Å²) in [6, 6.07) is 7.41. The van der Waals surface area contributed by atoms with Gasteiger partial charge in [0.05, 0.1) is 19.3 Å². The van der Waals surface area contributed by atoms with Crippen LogP contribution in [0.2, 0.25) is 0 Å². The smallest absolute Gasteiger partial charge is 0.337 e. The molecule has 0 aliphatic heterocycles. The van der Waals surface area contributed by atoms with E-state index in [1.807, 2.05) is 12.1 Å². The van der Waals surface area contributed by atoms with Gasteiger partial charge in [-0.25, -0.2) is 9.59 Å². The van der Waals surface area contributed by atoms with Crippen LogP contribution in [-0.2, 0) is 20.7 Å². The molecule has 0 amide bonds. The molecule has 0 aromatic heterocycles. The number of hydrogen-bond acceptors (Lipinski definition) is 4. The molecule has 0 bridgehead atoms. The van der Waals surface area contributed by atoms with Gasteiger partial charge >= 0.3 is 11.9 Å². The minimum atomic E-state index is -0.372. The molecule has 0 radical (unpaired) electrons. The van der Waals surface area contributed by atoms with Gasteiger partial charge in [0.15, 0.2) is 0 Å². The molecule has 20 heavy (non-hydrogen) atoms. The second-order valence-electron chi connectivity index (χ2n) is 4.37. The minimum Gasteiger partial charge on any atom is -0.465 e. The van der Waals surface area contributed by atoms with Crippen molar-refractivity contribution < 1.29 is 19.1 Å². The van der Waals surface area contributed by atoms with Crippen LogP contribution in [0, 0.1) is 0 Å². The standard InChI is InChI=1S/C16H20O4/c1-3-15(17)20-12-6-4-5-7-13-8-10-14(11-9-13)16(18)19-2/h3,8-11H,1,4-7,12H2,2H3. The van der Waals surface area contributed by atoms with E-state index >= 15 is 0 Å². The largest absolute Gasteiger partial charge is 0.465 e. The van der Waals surface area contributed by atoms with Gasteiger partial charge in [-0.2, -0.15) is 0 Å². The van der Waals surface area contributed by atoms with Gasteiger partial charge in [0.25, 0.3) is 0 Å². The molecule has 1 aromatic carbocycles. The molecule has 0 atom stereocenters. The van der Waals surface area contributed by atoms with Crippen LogP contribution >= 0.6 is 0 Å². The third-order valence-electron chi connectivity index (χ3n) is 2.90. The van der Waals surface area contributed by atoms with Crippen molar-refractivity contribution in [1.82, 2.24) is 0 Å². The van der Waals surface area contributed by atoms with Gasteiger partial charge in [-0.15, -0.1) is 0 Å². The molecule has 0 saturated heterocycles. The highest BCUT2D eigenvalue weighted by molar-refractivity contribution is 5.89. The maximum absolute atomic E-state index is 11.3. The fraction of sp³-hybridized carbons (Fsp3) is 0.375. The second kappa shape index (κ2) is 8.91. The van der Waals surface area contributed by atoms with Crippen LogP contribution in [0.25, 0.3) is 0 Å². The molecular weight excluding hydrogens is 256 g/mol. The number of hydrogen-bond donors (Lipinski definition) is 0. The number of unbranched alkanes of at least 4 members (excludes halogenated alkanes) is 2. The normalized spacial score (nSPS) is 9.85. The lowest BCUT2D eigenvalue weighted by Crippen LogP contribution is -2.02. The average Bonchev–Trinajstić information content (AvgIpc) is 2.50. The van der Waals surface area contributed by atoms with Crippen molar-refractivity contribution in [2.45, 2.75) is 25.7 Å². The average molecular weight is 276 g/mol. The Morgan fingerprint density at radius 1 is 1.15 bits per heavy atom. The Hall–Kier alpha value is -2.10. The van der Waals surface area contributed by atoms with E-state index in [2.05, 4.69) is 11.3 Å². The first kappa shape index (κ1) is 16.0. The quantitative estimate of drug-likeness (QED) is 0.416. The number of carbonyl (C=O) groups is 2. The van der Waals surface area contributed by atoms with E-state index in [0.29, 0.717) is 12.2 Å². The Kier molecular flexibility index (Phi) is 7.11. The summed E-state index contributed by atoms with van der Waals surface area (Å²) >= 11 is 0. The molecule has 1 aromatic rings. The maximum atomic E-state index is 11.3. The van der Waals surface area contributed by atoms with Crippen LogP contribution < -0.4 is 0 Å². The monoisotopic (exact) mass is 276 g/mol. The molecule has 0 fully saturated rings. The molecule has 0 aliphatic carbocycles. The van der Waals surface area contributed by atoms with Gasteiger partial charge < -0.3 is 9.47 Å². The van der Waals surface area contributed by atoms with Crippen LogP contribution in [0.3, 0.4) is 0 Å². The molecule has 0 spiro atoms. The van der Waals surface area contributed by atoms with E-state index in [0.717, 1.165) is 25.7 Å². The van der Waals surface area contributed by atoms with Crippen LogP contribution in [0.4, 0.5) is 0 Å². The predicted octanol–water partition coefficient (Wildman–Crippen LogP) is 2.92. The molecule has 108 valence electrons. The van der Waals surface area contributed by atoms with Gasteiger partial charge in [0, 0.05) is 6.08 Å². The van der Waals surface area contributed by atoms with Gasteiger partial charge in [0.1, 0.15) is 0 Å². The summed E-state index contributed by atoms with van der Waals surface area (Å²) in [6.45, 7) is 3.77. The van der Waals surface area contributed by atoms with Gasteiger partial charge in [-0.3, -0.25) is 0 Å². The highest BCUT2D eigenvalue weighted by Crippen LogP contribution is 2.09. The summed E-state index contributed by atoms with van der Waals surface area (Å²) in [5, 5.41) is 0. The number of carbonyl (C=O) groups excluding carboxylic acids is 2. The highest BCUT2D eigenvalue weighted by atomic mass is 16.5. The van der Waals surface area contributed by atoms with E-state index in [-0.39, 0.29) is 11.9 Å². The predicted molar refractivity (Wildman–Crippen MR) is 76.5 cm³/mol. The molecule has 0 saturated carbocycles. The molecule has 0 aliphatic rings. The molecule has 0 heterocycles. The maximum Gasteiger partial charge on any atom is 0.337 e. The summed E-state index contributed by atoms with van der Waals surface area (Å²) in [5.41, 5.74) is 1.74. The lowest BCUT2D eigenvalue weighted by Gasteiger charge is -2.04. The van der Waals surface area contributed by atoms with Crippen molar-refractivity contribution in [2.75, 3.05) is 13.7 Å². The summed E-state index contributed by atoms with van der Waals surface area (Å²) in [6.07, 6.45) is 4.96. The van der Waals surface area contributed by atoms with E-state index in [4.69, 9.17) is 4.74 Å². The van der Waals surface area contributed by atoms with Crippen LogP contribution in [0.5, 0.6) is 0 Å². The van der Waals surface area contributed by atoms with E-state index in [1.54, 1.807) is 12.1 Å². The Morgan fingerprint density at radius 3 is 2.45 bits per heavy atom. The summed E-state index contributed by atoms with van der Waals surface area (Å²) in [4.78, 5) is 22.1. The first-order chi connectivity index (χ1) is 9.67. The van der Waals surface area contributed by atoms with Crippen LogP contribution in [0.15, 0.2) is 36.9 Å². The Bertz CT molecular complexity index is 448. The third kappa shape index (κ3) is 5.69. The summed E-state index contributed by atoms with van der Waals surface area (Å²) < 4.78 is 9.53. The molecule has 1 rings (SSSR count). The van der Waals surface area contributed by atoms with Gasteiger partial charge in [-0.1, -0.05) is 18.7 Å². The summed E-state index contributed by atoms with van der Waals surface area (Å²) in [7, 11) is 1.37. The van der Waals surface area contributed by atoms with E-state index in [9.17, 15) is 9.59 Å². The molecule has 0 unspecified atom stereocenters. The first-order valence-corrected chi connectivity index (χ1v) is 6.64. The zero-order chi connectivity index (χ0) is 14.8. The second-order valence-corrected chi connectivity index (χ2v) is 4.37. The number of esters is 2. The van der Waals surface area contributed by atoms with Crippen molar-refractivity contribution in [1.29, 1.82) is 0 Å². The van der Waals surface area contributed by atoms with Crippen molar-refractivity contribution in [3.63, 3.8) is 0 Å². The minimum absolute atomic E-state index is 0.319. The van der Waals surface area contributed by atoms with Gasteiger partial charge in [-0.05, 0) is 43.4 Å². The zero-order valence-corrected chi connectivity index (χ0v) is 11.8. The number of benzene rings is 1. The molecule has 4 heteroatoms. The zero-order valence-electron chi connectivity index (χ0n) is 11.8. The highest BCUT2D eigenvalue weighted by Gasteiger charge is 2.04. The number of methoxy groups -OCH3 is 1. The van der Waals surface area contributed by atoms with Crippen molar-refractivity contribution in [3.8, 4) is 0 Å². The summed E-state index contributed by atoms with van der Waals surface area (Å²) in [5.74, 6) is -0.691. The van der Waals surface area contributed by atoms with E-state index < -0.39 is 0 Å². The first-order valence-electron chi connectivity index (χ1n) is 6.64. The van der Waals surface area contributed by atoms with Crippen LogP contribution in [0.1, 0.15) is 35.2 Å². The fourth-order valence-corrected chi connectivity index (χ4v) is 1.76. The van der Waals surface area contributed by atoms with Gasteiger partial charge in [0.2, 0.25) is 0 Å². The Labute approximate surface area is 119 Å². The topological polar surface area (TPSA) is 52.6 Å². The fourth-order valence-electron chi connectivity index (χ4n) is 1.76. The van der Waals surface area contributed by atoms with Crippen molar-refractivity contribution in [2.24, 2.45) is 0 Å². The number of aryl methyl sites for hydroxylation is 1. The molecule has 0 N–H and O–H groups in total. The Morgan fingerprint density at radius 2 is 1.85 bits per heavy atom. The van der Waals surface area contributed by atoms with Crippen molar-refractivity contribution in [3.05, 3.63) is 48.0 Å². The Balaban J connectivity index is 2.20. The lowest BCUT2D eigenvalue weighted by molar-refractivity contribution is -0.137.